The van der Waals surface area contributed by atoms with E-state index >= 15 is 0 Å². The Bertz CT molecular complexity index is 302. The molecule has 0 N–H and O–H groups in total. The van der Waals surface area contributed by atoms with Gasteiger partial charge in [-0.15, -0.1) is 0 Å². The van der Waals surface area contributed by atoms with Gasteiger partial charge in [0.1, 0.15) is 6.10 Å². The summed E-state index contributed by atoms with van der Waals surface area (Å²) in [5, 5.41) is 0. The van der Waals surface area contributed by atoms with E-state index in [1.54, 1.807) is 0 Å². The molecule has 1 aliphatic heterocycles. The molecule has 1 heterocycles. The van der Waals surface area contributed by atoms with Gasteiger partial charge < -0.3 is 4.74 Å². The van der Waals surface area contributed by atoms with Crippen LogP contribution in [0.1, 0.15) is 65.2 Å². The van der Waals surface area contributed by atoms with Gasteiger partial charge in [0.25, 0.3) is 0 Å². The number of hydrogen-bond acceptors (Lipinski definition) is 2. The molecule has 0 aromatic rings. The molecule has 0 radical (unpaired) electrons. The molecule has 1 saturated heterocycles. The lowest BCUT2D eigenvalue weighted by Crippen LogP contribution is -1.99. The van der Waals surface area contributed by atoms with Crippen LogP contribution in [0.15, 0.2) is 23.8 Å². The molecular weight excluding hydrogens is 224 g/mol. The Kier molecular flexibility index (Phi) is 7.47. The van der Waals surface area contributed by atoms with Crippen LogP contribution in [-0.2, 0) is 9.53 Å². The average Bonchev–Trinajstić information content (AvgIpc) is 2.66. The maximum absolute atomic E-state index is 11.4. The van der Waals surface area contributed by atoms with Crippen molar-refractivity contribution >= 4 is 5.97 Å². The molecule has 0 amide bonds. The molecule has 1 rings (SSSR count). The minimum Gasteiger partial charge on any atom is -0.459 e. The summed E-state index contributed by atoms with van der Waals surface area (Å²) >= 11 is 0. The maximum Gasteiger partial charge on any atom is 0.334 e. The van der Waals surface area contributed by atoms with Gasteiger partial charge in [0.05, 0.1) is 0 Å². The summed E-state index contributed by atoms with van der Waals surface area (Å²) < 4.78 is 5.09. The van der Waals surface area contributed by atoms with E-state index in [4.69, 9.17) is 4.74 Å². The van der Waals surface area contributed by atoms with Crippen molar-refractivity contribution in [3.05, 3.63) is 23.8 Å². The van der Waals surface area contributed by atoms with Gasteiger partial charge in [0, 0.05) is 12.0 Å². The monoisotopic (exact) mass is 250 g/mol. The number of cyclic esters (lactones) is 1. The first-order chi connectivity index (χ1) is 8.74. The molecular formula is C16H26O2. The third-order valence-corrected chi connectivity index (χ3v) is 3.17. The Morgan fingerprint density at radius 3 is 2.56 bits per heavy atom. The minimum atomic E-state index is -0.106. The molecule has 2 heteroatoms. The summed E-state index contributed by atoms with van der Waals surface area (Å²) in [6.45, 7) is 4.15. The highest BCUT2D eigenvalue weighted by Gasteiger charge is 2.24. The number of carbonyl (C=O) groups is 1. The van der Waals surface area contributed by atoms with Crippen molar-refractivity contribution in [2.75, 3.05) is 0 Å². The van der Waals surface area contributed by atoms with Crippen LogP contribution in [0.3, 0.4) is 0 Å². The smallest absolute Gasteiger partial charge is 0.334 e. The summed E-state index contributed by atoms with van der Waals surface area (Å²) in [6.07, 6.45) is 15.8. The average molecular weight is 250 g/mol. The van der Waals surface area contributed by atoms with Crippen molar-refractivity contribution in [1.82, 2.24) is 0 Å². The molecule has 1 aliphatic rings. The predicted molar refractivity (Wildman–Crippen MR) is 75.4 cm³/mol. The molecule has 102 valence electrons. The highest BCUT2D eigenvalue weighted by molar-refractivity contribution is 5.90. The Morgan fingerprint density at radius 2 is 1.89 bits per heavy atom. The molecule has 0 aromatic carbocycles. The fraction of sp³-hybridized carbons (Fsp3) is 0.688. The van der Waals surface area contributed by atoms with E-state index in [1.165, 1.54) is 38.5 Å². The molecule has 0 bridgehead atoms. The summed E-state index contributed by atoms with van der Waals surface area (Å²) in [7, 11) is 0. The van der Waals surface area contributed by atoms with Gasteiger partial charge in [0.2, 0.25) is 0 Å². The summed E-state index contributed by atoms with van der Waals surface area (Å²) in [5.41, 5.74) is 0.880. The lowest BCUT2D eigenvalue weighted by molar-refractivity contribution is -0.138. The molecule has 1 fully saturated rings. The zero-order valence-electron chi connectivity index (χ0n) is 11.8. The lowest BCUT2D eigenvalue weighted by atomic mass is 10.1. The number of rotatable bonds is 8. The fourth-order valence-corrected chi connectivity index (χ4v) is 2.12. The van der Waals surface area contributed by atoms with Gasteiger partial charge >= 0.3 is 5.97 Å². The van der Waals surface area contributed by atoms with E-state index in [-0.39, 0.29) is 12.1 Å². The topological polar surface area (TPSA) is 26.3 Å². The highest BCUT2D eigenvalue weighted by Crippen LogP contribution is 2.20. The second kappa shape index (κ2) is 8.96. The number of carbonyl (C=O) groups excluding carboxylic acids is 1. The molecule has 1 atom stereocenters. The van der Waals surface area contributed by atoms with Crippen LogP contribution in [0.4, 0.5) is 0 Å². The van der Waals surface area contributed by atoms with Crippen LogP contribution in [0.2, 0.25) is 0 Å². The number of unbranched alkanes of at least 4 members (excludes halogenated alkanes) is 5. The van der Waals surface area contributed by atoms with Crippen molar-refractivity contribution in [3.63, 3.8) is 0 Å². The van der Waals surface area contributed by atoms with Gasteiger partial charge in [-0.2, -0.15) is 0 Å². The van der Waals surface area contributed by atoms with Gasteiger partial charge in [-0.3, -0.25) is 0 Å². The molecule has 0 aliphatic carbocycles. The number of allylic oxidation sites excluding steroid dienone is 3. The van der Waals surface area contributed by atoms with E-state index in [9.17, 15) is 4.79 Å². The first-order valence-corrected chi connectivity index (χ1v) is 7.29. The lowest BCUT2D eigenvalue weighted by Gasteiger charge is -1.96. The van der Waals surface area contributed by atoms with E-state index in [0.717, 1.165) is 18.4 Å². The van der Waals surface area contributed by atoms with Crippen molar-refractivity contribution in [2.24, 2.45) is 0 Å². The summed E-state index contributed by atoms with van der Waals surface area (Å²) in [6, 6.07) is 0. The van der Waals surface area contributed by atoms with Crippen molar-refractivity contribution in [3.8, 4) is 0 Å². The Hall–Kier alpha value is -1.05. The summed E-state index contributed by atoms with van der Waals surface area (Å²) in [5.74, 6) is -0.106. The summed E-state index contributed by atoms with van der Waals surface area (Å²) in [4.78, 5) is 11.4. The Labute approximate surface area is 111 Å². The van der Waals surface area contributed by atoms with Gasteiger partial charge in [-0.25, -0.2) is 4.79 Å². The first-order valence-electron chi connectivity index (χ1n) is 7.29. The third kappa shape index (κ3) is 6.04. The zero-order valence-corrected chi connectivity index (χ0v) is 11.8. The van der Waals surface area contributed by atoms with Crippen molar-refractivity contribution < 1.29 is 9.53 Å². The first kappa shape index (κ1) is 15.0. The Balaban J connectivity index is 2.02. The second-order valence-electron chi connectivity index (χ2n) is 5.05. The van der Waals surface area contributed by atoms with Crippen molar-refractivity contribution in [2.45, 2.75) is 71.3 Å². The standard InChI is InChI=1S/C16H26O2/c1-3-4-5-6-7-8-9-10-11-12-15-13-14(2)18-16(15)17/h5-6,12,14H,3-4,7-11,13H2,1-2H3/b6-5+,15-12-. The molecule has 1 unspecified atom stereocenters. The molecule has 0 aromatic heterocycles. The molecule has 18 heavy (non-hydrogen) atoms. The quantitative estimate of drug-likeness (QED) is 0.273. The van der Waals surface area contributed by atoms with Crippen LogP contribution >= 0.6 is 0 Å². The third-order valence-electron chi connectivity index (χ3n) is 3.17. The second-order valence-corrected chi connectivity index (χ2v) is 5.05. The predicted octanol–water partition coefficient (Wildman–Crippen LogP) is 4.56. The van der Waals surface area contributed by atoms with Gasteiger partial charge in [0.15, 0.2) is 0 Å². The van der Waals surface area contributed by atoms with E-state index in [0.29, 0.717) is 0 Å². The van der Waals surface area contributed by atoms with E-state index < -0.39 is 0 Å². The molecule has 2 nitrogen and oxygen atoms in total. The number of ether oxygens (including phenoxy) is 1. The Morgan fingerprint density at radius 1 is 1.17 bits per heavy atom. The van der Waals surface area contributed by atoms with Crippen LogP contribution in [-0.4, -0.2) is 12.1 Å². The number of esters is 1. The zero-order chi connectivity index (χ0) is 13.2. The minimum absolute atomic E-state index is 0.0763. The molecule has 0 spiro atoms. The highest BCUT2D eigenvalue weighted by atomic mass is 16.5. The normalized spacial score (nSPS) is 22.0. The van der Waals surface area contributed by atoms with E-state index in [2.05, 4.69) is 25.2 Å². The largest absolute Gasteiger partial charge is 0.459 e. The van der Waals surface area contributed by atoms with Crippen LogP contribution < -0.4 is 0 Å². The number of hydrogen-bond donors (Lipinski definition) is 0. The van der Waals surface area contributed by atoms with E-state index in [1.807, 2.05) is 6.92 Å². The fourth-order valence-electron chi connectivity index (χ4n) is 2.12. The van der Waals surface area contributed by atoms with Gasteiger partial charge in [-0.05, 0) is 39.0 Å². The van der Waals surface area contributed by atoms with Crippen LogP contribution in [0.5, 0.6) is 0 Å². The van der Waals surface area contributed by atoms with Gasteiger partial charge in [-0.1, -0.05) is 38.0 Å². The molecule has 0 saturated carbocycles. The van der Waals surface area contributed by atoms with Crippen LogP contribution in [0.25, 0.3) is 0 Å². The SMILES string of the molecule is CCC/C=C/CCCCC/C=C1/CC(C)OC1=O. The van der Waals surface area contributed by atoms with Crippen LogP contribution in [0, 0.1) is 0 Å². The maximum atomic E-state index is 11.4. The van der Waals surface area contributed by atoms with Crippen molar-refractivity contribution in [1.29, 1.82) is 0 Å².